The minimum Gasteiger partial charge on any atom is -0.497 e. The van der Waals surface area contributed by atoms with Gasteiger partial charge in [-0.2, -0.15) is 0 Å². The van der Waals surface area contributed by atoms with Crippen molar-refractivity contribution in [3.8, 4) is 11.5 Å². The number of ether oxygens (including phenoxy) is 2. The van der Waals surface area contributed by atoms with Crippen LogP contribution in [0, 0.1) is 0 Å². The maximum atomic E-state index is 12.5. The summed E-state index contributed by atoms with van der Waals surface area (Å²) in [5.41, 5.74) is 2.33. The van der Waals surface area contributed by atoms with Gasteiger partial charge in [-0.15, -0.1) is 0 Å². The first kappa shape index (κ1) is 20.2. The first-order chi connectivity index (χ1) is 14.2. The topological polar surface area (TPSA) is 72.5 Å². The van der Waals surface area contributed by atoms with Crippen LogP contribution in [0.15, 0.2) is 66.9 Å². The lowest BCUT2D eigenvalue weighted by atomic mass is 10.1. The molecule has 2 aromatic carbocycles. The van der Waals surface area contributed by atoms with Crippen LogP contribution in [0.5, 0.6) is 11.5 Å². The molecule has 0 unspecified atom stereocenters. The maximum absolute atomic E-state index is 12.5. The molecule has 0 atom stereocenters. The van der Waals surface area contributed by atoms with Crippen LogP contribution in [0.4, 0.5) is 11.5 Å². The van der Waals surface area contributed by atoms with Crippen LogP contribution in [-0.4, -0.2) is 31.2 Å². The van der Waals surface area contributed by atoms with Crippen LogP contribution < -0.4 is 20.1 Å². The first-order valence-electron chi connectivity index (χ1n) is 9.55. The zero-order chi connectivity index (χ0) is 20.5. The quantitative estimate of drug-likeness (QED) is 0.566. The molecule has 1 aromatic heterocycles. The van der Waals surface area contributed by atoms with E-state index in [0.29, 0.717) is 23.6 Å². The molecule has 3 rings (SSSR count). The SMILES string of the molecule is CCOc1ccccc1NC(=O)c1ccc(NCCc2ccc(OC)cc2)nc1. The Labute approximate surface area is 170 Å². The molecule has 0 radical (unpaired) electrons. The predicted octanol–water partition coefficient (Wildman–Crippen LogP) is 4.40. The van der Waals surface area contributed by atoms with E-state index in [9.17, 15) is 4.79 Å². The Kier molecular flexibility index (Phi) is 7.05. The summed E-state index contributed by atoms with van der Waals surface area (Å²) < 4.78 is 10.7. The van der Waals surface area contributed by atoms with Crippen LogP contribution >= 0.6 is 0 Å². The van der Waals surface area contributed by atoms with E-state index in [1.54, 1.807) is 25.4 Å². The van der Waals surface area contributed by atoms with Gasteiger partial charge in [0.25, 0.3) is 5.91 Å². The summed E-state index contributed by atoms with van der Waals surface area (Å²) >= 11 is 0. The molecule has 2 N–H and O–H groups in total. The first-order valence-corrected chi connectivity index (χ1v) is 9.55. The van der Waals surface area contributed by atoms with E-state index in [2.05, 4.69) is 15.6 Å². The Morgan fingerprint density at radius 1 is 1.03 bits per heavy atom. The summed E-state index contributed by atoms with van der Waals surface area (Å²) in [6, 6.07) is 18.9. The Morgan fingerprint density at radius 3 is 2.52 bits per heavy atom. The lowest BCUT2D eigenvalue weighted by Crippen LogP contribution is -2.14. The Morgan fingerprint density at radius 2 is 1.83 bits per heavy atom. The fraction of sp³-hybridized carbons (Fsp3) is 0.217. The van der Waals surface area contributed by atoms with E-state index in [1.165, 1.54) is 5.56 Å². The second kappa shape index (κ2) is 10.1. The van der Waals surface area contributed by atoms with Gasteiger partial charge in [0, 0.05) is 12.7 Å². The number of aromatic nitrogens is 1. The minimum absolute atomic E-state index is 0.227. The van der Waals surface area contributed by atoms with E-state index in [1.807, 2.05) is 55.5 Å². The highest BCUT2D eigenvalue weighted by molar-refractivity contribution is 6.04. The number of amides is 1. The standard InChI is InChI=1S/C23H25N3O3/c1-3-29-21-7-5-4-6-20(21)26-23(27)18-10-13-22(25-16-18)24-15-14-17-8-11-19(28-2)12-9-17/h4-13,16H,3,14-15H2,1-2H3,(H,24,25)(H,26,27). The van der Waals surface area contributed by atoms with Gasteiger partial charge in [-0.3, -0.25) is 4.79 Å². The molecule has 0 bridgehead atoms. The van der Waals surface area contributed by atoms with Crippen LogP contribution in [-0.2, 0) is 6.42 Å². The molecule has 0 fully saturated rings. The fourth-order valence-corrected chi connectivity index (χ4v) is 2.81. The van der Waals surface area contributed by atoms with E-state index < -0.39 is 0 Å². The smallest absolute Gasteiger partial charge is 0.257 e. The molecule has 3 aromatic rings. The average Bonchev–Trinajstić information content (AvgIpc) is 2.76. The highest BCUT2D eigenvalue weighted by Crippen LogP contribution is 2.24. The van der Waals surface area contributed by atoms with Crippen molar-refractivity contribution in [1.29, 1.82) is 0 Å². The Balaban J connectivity index is 1.53. The molecule has 0 spiro atoms. The zero-order valence-electron chi connectivity index (χ0n) is 16.6. The number of pyridine rings is 1. The molecule has 0 saturated heterocycles. The molecule has 6 nitrogen and oxygen atoms in total. The fourth-order valence-electron chi connectivity index (χ4n) is 2.81. The lowest BCUT2D eigenvalue weighted by molar-refractivity contribution is 0.102. The van der Waals surface area contributed by atoms with E-state index >= 15 is 0 Å². The number of carbonyl (C=O) groups excluding carboxylic acids is 1. The molecule has 0 aliphatic rings. The van der Waals surface area contributed by atoms with Gasteiger partial charge in [0.2, 0.25) is 0 Å². The molecule has 1 heterocycles. The zero-order valence-corrected chi connectivity index (χ0v) is 16.6. The number of benzene rings is 2. The maximum Gasteiger partial charge on any atom is 0.257 e. The minimum atomic E-state index is -0.227. The Hall–Kier alpha value is -3.54. The van der Waals surface area contributed by atoms with Crippen molar-refractivity contribution < 1.29 is 14.3 Å². The van der Waals surface area contributed by atoms with Gasteiger partial charge < -0.3 is 20.1 Å². The number of hydrogen-bond acceptors (Lipinski definition) is 5. The Bertz CT molecular complexity index is 925. The molecule has 29 heavy (non-hydrogen) atoms. The number of methoxy groups -OCH3 is 1. The molecule has 6 heteroatoms. The van der Waals surface area contributed by atoms with Crippen molar-refractivity contribution in [3.63, 3.8) is 0 Å². The molecule has 0 aliphatic heterocycles. The van der Waals surface area contributed by atoms with Gasteiger partial charge in [0.15, 0.2) is 0 Å². The van der Waals surface area contributed by atoms with Crippen molar-refractivity contribution in [2.75, 3.05) is 30.9 Å². The van der Waals surface area contributed by atoms with Crippen molar-refractivity contribution >= 4 is 17.4 Å². The normalized spacial score (nSPS) is 10.3. The molecule has 0 saturated carbocycles. The summed E-state index contributed by atoms with van der Waals surface area (Å²) in [7, 11) is 1.66. The third-order valence-corrected chi connectivity index (χ3v) is 4.34. The molecular weight excluding hydrogens is 366 g/mol. The van der Waals surface area contributed by atoms with Crippen LogP contribution in [0.25, 0.3) is 0 Å². The highest BCUT2D eigenvalue weighted by atomic mass is 16.5. The van der Waals surface area contributed by atoms with Crippen molar-refractivity contribution in [2.24, 2.45) is 0 Å². The second-order valence-corrected chi connectivity index (χ2v) is 6.34. The third kappa shape index (κ3) is 5.72. The van der Waals surface area contributed by atoms with Gasteiger partial charge in [-0.25, -0.2) is 4.98 Å². The predicted molar refractivity (Wildman–Crippen MR) is 115 cm³/mol. The average molecular weight is 391 g/mol. The van der Waals surface area contributed by atoms with E-state index in [4.69, 9.17) is 9.47 Å². The number of nitrogens with one attached hydrogen (secondary N) is 2. The number of rotatable bonds is 9. The molecular formula is C23H25N3O3. The number of hydrogen-bond donors (Lipinski definition) is 2. The molecule has 0 aliphatic carbocycles. The van der Waals surface area contributed by atoms with Crippen molar-refractivity contribution in [2.45, 2.75) is 13.3 Å². The largest absolute Gasteiger partial charge is 0.497 e. The van der Waals surface area contributed by atoms with E-state index in [0.717, 1.165) is 24.5 Å². The summed E-state index contributed by atoms with van der Waals surface area (Å²) in [5, 5.41) is 6.14. The second-order valence-electron chi connectivity index (χ2n) is 6.34. The lowest BCUT2D eigenvalue weighted by Gasteiger charge is -2.11. The molecule has 150 valence electrons. The number of para-hydroxylation sites is 2. The van der Waals surface area contributed by atoms with E-state index in [-0.39, 0.29) is 5.91 Å². The summed E-state index contributed by atoms with van der Waals surface area (Å²) in [6.45, 7) is 3.18. The van der Waals surface area contributed by atoms with Gasteiger partial charge in [-0.05, 0) is 55.3 Å². The van der Waals surface area contributed by atoms with Gasteiger partial charge in [0.1, 0.15) is 17.3 Å². The van der Waals surface area contributed by atoms with Crippen molar-refractivity contribution in [1.82, 2.24) is 4.98 Å². The summed E-state index contributed by atoms with van der Waals surface area (Å²) in [6.07, 6.45) is 2.43. The van der Waals surface area contributed by atoms with Crippen LogP contribution in [0.3, 0.4) is 0 Å². The summed E-state index contributed by atoms with van der Waals surface area (Å²) in [4.78, 5) is 16.8. The molecule has 1 amide bonds. The summed E-state index contributed by atoms with van der Waals surface area (Å²) in [5.74, 6) is 1.99. The van der Waals surface area contributed by atoms with Gasteiger partial charge >= 0.3 is 0 Å². The number of anilines is 2. The monoisotopic (exact) mass is 391 g/mol. The number of carbonyl (C=O) groups is 1. The number of nitrogens with zero attached hydrogens (tertiary/aromatic N) is 1. The highest BCUT2D eigenvalue weighted by Gasteiger charge is 2.10. The van der Waals surface area contributed by atoms with Crippen molar-refractivity contribution in [3.05, 3.63) is 78.0 Å². The van der Waals surface area contributed by atoms with Gasteiger partial charge in [-0.1, -0.05) is 24.3 Å². The third-order valence-electron chi connectivity index (χ3n) is 4.34. The van der Waals surface area contributed by atoms with Gasteiger partial charge in [0.05, 0.1) is 25.0 Å². The van der Waals surface area contributed by atoms with Crippen LogP contribution in [0.1, 0.15) is 22.8 Å². The van der Waals surface area contributed by atoms with Crippen LogP contribution in [0.2, 0.25) is 0 Å².